The van der Waals surface area contributed by atoms with E-state index in [9.17, 15) is 43.4 Å². The summed E-state index contributed by atoms with van der Waals surface area (Å²) in [5.74, 6) is -2.93. The topological polar surface area (TPSA) is 175 Å². The van der Waals surface area contributed by atoms with Crippen LogP contribution in [0.15, 0.2) is 29.2 Å². The first-order valence-corrected chi connectivity index (χ1v) is 18.3. The first-order valence-electron chi connectivity index (χ1n) is 16.4. The molecule has 0 saturated heterocycles. The Morgan fingerprint density at radius 1 is 0.745 bits per heavy atom. The van der Waals surface area contributed by atoms with Crippen molar-refractivity contribution in [1.29, 1.82) is 0 Å². The van der Waals surface area contributed by atoms with Gasteiger partial charge in [0.1, 0.15) is 33.8 Å². The molecule has 0 aliphatic carbocycles. The quantitative estimate of drug-likeness (QED) is 0.0649. The second-order valence-electron chi connectivity index (χ2n) is 15.1. The zero-order valence-corrected chi connectivity index (χ0v) is 31.4. The van der Waals surface area contributed by atoms with Gasteiger partial charge in [-0.25, -0.2) is 14.4 Å². The van der Waals surface area contributed by atoms with Crippen molar-refractivity contribution in [2.45, 2.75) is 141 Å². The van der Waals surface area contributed by atoms with Crippen LogP contribution in [0.2, 0.25) is 0 Å². The molecule has 0 heterocycles. The van der Waals surface area contributed by atoms with E-state index >= 15 is 0 Å². The van der Waals surface area contributed by atoms with Gasteiger partial charge in [0.2, 0.25) is 5.91 Å². The number of halogens is 5. The Hall–Kier alpha value is -3.67. The molecule has 0 unspecified atom stereocenters. The number of hydrogen-bond donors (Lipinski definition) is 4. The highest BCUT2D eigenvalue weighted by Gasteiger charge is 2.65. The van der Waals surface area contributed by atoms with Crippen LogP contribution in [0, 0.1) is 0 Å². The summed E-state index contributed by atoms with van der Waals surface area (Å²) in [7, 11) is -9.91. The minimum atomic E-state index is -9.91. The Labute approximate surface area is 296 Å². The van der Waals surface area contributed by atoms with Gasteiger partial charge in [-0.15, -0.1) is 0 Å². The fraction of sp³-hybridized carbons (Fsp3) is 0.667. The van der Waals surface area contributed by atoms with Crippen LogP contribution in [0.4, 0.5) is 24.2 Å². The number of urea groups is 1. The Bertz CT molecular complexity index is 1410. The largest absolute Gasteiger partial charge is 0.460 e. The number of nitrogens with one attached hydrogen (secondary N) is 3. The van der Waals surface area contributed by atoms with Crippen LogP contribution in [0.5, 0.6) is 0 Å². The van der Waals surface area contributed by atoms with E-state index in [2.05, 4.69) is 16.0 Å². The average Bonchev–Trinajstić information content (AvgIpc) is 2.90. The lowest BCUT2D eigenvalue weighted by Gasteiger charge is -2.40. The van der Waals surface area contributed by atoms with E-state index in [0.717, 1.165) is 12.1 Å². The normalized spacial score (nSPS) is 15.6. The van der Waals surface area contributed by atoms with Crippen LogP contribution in [-0.2, 0) is 39.8 Å². The second kappa shape index (κ2) is 16.3. The predicted octanol–water partition coefficient (Wildman–Crippen LogP) is 6.34. The second-order valence-corrected chi connectivity index (χ2v) is 17.5. The lowest BCUT2D eigenvalue weighted by atomic mass is 10.1. The predicted molar refractivity (Wildman–Crippen MR) is 182 cm³/mol. The molecule has 18 heteroatoms. The fourth-order valence-corrected chi connectivity index (χ4v) is 5.04. The van der Waals surface area contributed by atoms with E-state index in [4.69, 9.17) is 19.9 Å². The Morgan fingerprint density at radius 3 is 1.71 bits per heavy atom. The van der Waals surface area contributed by atoms with Crippen molar-refractivity contribution in [2.75, 3.05) is 6.54 Å². The lowest BCUT2D eigenvalue weighted by Crippen LogP contribution is -2.53. The number of ether oxygens (including phenoxy) is 3. The smallest absolute Gasteiger partial charge is 0.329 e. The van der Waals surface area contributed by atoms with Gasteiger partial charge in [-0.3, -0.25) is 9.59 Å². The molecule has 0 aliphatic rings. The molecule has 51 heavy (non-hydrogen) atoms. The molecular formula is C33H53F5N4O8S. The highest BCUT2D eigenvalue weighted by atomic mass is 32.5. The SMILES string of the molecule is CC(C)(C)OC(=O)CC[C@H](NC(=O)N[C@@H](CCCCNC(=O)[C@@H](N)Cc1cccc(S(F)(F)(F)(F)F)c1)C(=O)OC(C)(C)C)C(=O)OC(C)(C)C. The molecule has 0 radical (unpaired) electrons. The summed E-state index contributed by atoms with van der Waals surface area (Å²) in [6, 6.07) is -2.25. The van der Waals surface area contributed by atoms with E-state index in [1.165, 1.54) is 0 Å². The molecule has 0 saturated carbocycles. The van der Waals surface area contributed by atoms with Crippen LogP contribution in [-0.4, -0.2) is 71.3 Å². The van der Waals surface area contributed by atoms with Gasteiger partial charge in [-0.2, -0.15) is 0 Å². The molecule has 0 bridgehead atoms. The van der Waals surface area contributed by atoms with Crippen LogP contribution >= 0.6 is 10.2 Å². The van der Waals surface area contributed by atoms with Gasteiger partial charge >= 0.3 is 34.2 Å². The molecule has 1 aromatic rings. The van der Waals surface area contributed by atoms with Crippen LogP contribution in [0.25, 0.3) is 0 Å². The van der Waals surface area contributed by atoms with Crippen molar-refractivity contribution in [3.05, 3.63) is 29.8 Å². The third-order valence-corrected chi connectivity index (χ3v) is 7.55. The summed E-state index contributed by atoms with van der Waals surface area (Å²) in [6.07, 6.45) is -0.270. The van der Waals surface area contributed by atoms with Crippen molar-refractivity contribution < 1.29 is 57.6 Å². The van der Waals surface area contributed by atoms with E-state index in [1.54, 1.807) is 62.3 Å². The maximum atomic E-state index is 13.2. The maximum Gasteiger partial charge on any atom is 0.329 e. The number of esters is 3. The number of benzene rings is 1. The first-order chi connectivity index (χ1) is 22.7. The number of hydrogen-bond acceptors (Lipinski definition) is 9. The van der Waals surface area contributed by atoms with Gasteiger partial charge in [-0.1, -0.05) is 31.6 Å². The van der Waals surface area contributed by atoms with Crippen molar-refractivity contribution in [1.82, 2.24) is 16.0 Å². The Balaban J connectivity index is 2.87. The average molecular weight is 761 g/mol. The number of rotatable bonds is 16. The number of amides is 3. The summed E-state index contributed by atoms with van der Waals surface area (Å²) in [5.41, 5.74) is 3.01. The molecule has 12 nitrogen and oxygen atoms in total. The van der Waals surface area contributed by atoms with Crippen LogP contribution in [0.1, 0.15) is 100.0 Å². The number of nitrogens with two attached hydrogens (primary N) is 1. The lowest BCUT2D eigenvalue weighted by molar-refractivity contribution is -0.159. The molecule has 1 aromatic carbocycles. The van der Waals surface area contributed by atoms with Crippen molar-refractivity contribution in [3.63, 3.8) is 0 Å². The minimum absolute atomic E-state index is 0.0245. The standard InChI is InChI=1S/C33H53F5N4O8S/c1-31(2,3)48-26(43)17-16-25(29(46)50-33(7,8)9)42-30(47)41-24(28(45)49-32(4,5)6)15-10-11-18-40-27(44)23(39)20-21-13-12-14-22(19-21)51(34,35,36,37)38/h12-14,19,23-25H,10-11,15-18,20,39H2,1-9H3,(H,40,44)(H2,41,42,47)/t23-,24-,25-/m0/s1. The third-order valence-electron chi connectivity index (χ3n) is 6.41. The molecule has 5 N–H and O–H groups in total. The molecule has 294 valence electrons. The summed E-state index contributed by atoms with van der Waals surface area (Å²) in [4.78, 5) is 61.6. The molecule has 0 spiro atoms. The molecule has 0 aromatic heterocycles. The number of carbonyl (C=O) groups is 5. The zero-order valence-electron chi connectivity index (χ0n) is 30.6. The third kappa shape index (κ3) is 19.5. The first kappa shape index (κ1) is 45.4. The maximum absolute atomic E-state index is 13.2. The van der Waals surface area contributed by atoms with E-state index in [0.29, 0.717) is 0 Å². The van der Waals surface area contributed by atoms with Gasteiger partial charge in [0.05, 0.1) is 6.04 Å². The van der Waals surface area contributed by atoms with Crippen LogP contribution in [0.3, 0.4) is 0 Å². The van der Waals surface area contributed by atoms with Gasteiger partial charge in [0, 0.05) is 13.0 Å². The zero-order chi connectivity index (χ0) is 39.7. The molecule has 3 amide bonds. The van der Waals surface area contributed by atoms with Crippen molar-refractivity contribution in [3.8, 4) is 0 Å². The van der Waals surface area contributed by atoms with Gasteiger partial charge in [0.15, 0.2) is 0 Å². The van der Waals surface area contributed by atoms with Gasteiger partial charge in [-0.05, 0) is 112 Å². The van der Waals surface area contributed by atoms with Gasteiger partial charge in [0.25, 0.3) is 0 Å². The number of unbranched alkanes of at least 4 members (excludes halogenated alkanes) is 1. The molecule has 0 fully saturated rings. The molecule has 3 atom stereocenters. The minimum Gasteiger partial charge on any atom is -0.460 e. The highest BCUT2D eigenvalue weighted by molar-refractivity contribution is 8.45. The van der Waals surface area contributed by atoms with E-state index in [1.807, 2.05) is 0 Å². The summed E-state index contributed by atoms with van der Waals surface area (Å²) in [5, 5.41) is 7.46. The number of carbonyl (C=O) groups excluding carboxylic acids is 5. The van der Waals surface area contributed by atoms with E-state index < -0.39 is 86.3 Å². The van der Waals surface area contributed by atoms with Crippen molar-refractivity contribution in [2.24, 2.45) is 5.73 Å². The summed E-state index contributed by atoms with van der Waals surface area (Å²) >= 11 is 0. The van der Waals surface area contributed by atoms with Crippen molar-refractivity contribution >= 4 is 40.1 Å². The fourth-order valence-electron chi connectivity index (χ4n) is 4.33. The Morgan fingerprint density at radius 2 is 1.24 bits per heavy atom. The van der Waals surface area contributed by atoms with Crippen LogP contribution < -0.4 is 21.7 Å². The molecular weight excluding hydrogens is 707 g/mol. The molecule has 1 rings (SSSR count). The summed E-state index contributed by atoms with van der Waals surface area (Å²) in [6.45, 7) is 14.8. The van der Waals surface area contributed by atoms with E-state index in [-0.39, 0.29) is 56.3 Å². The van der Waals surface area contributed by atoms with Gasteiger partial charge < -0.3 is 35.9 Å². The monoisotopic (exact) mass is 760 g/mol. The Kier molecular flexibility index (Phi) is 14.5. The molecule has 0 aliphatic heterocycles. The summed E-state index contributed by atoms with van der Waals surface area (Å²) < 4.78 is 81.9. The highest BCUT2D eigenvalue weighted by Crippen LogP contribution is 3.02.